The van der Waals surface area contributed by atoms with E-state index < -0.39 is 12.1 Å². The molecule has 22 heavy (non-hydrogen) atoms. The number of unbranched alkanes of at least 4 members (excludes halogenated alkanes) is 7. The van der Waals surface area contributed by atoms with Crippen molar-refractivity contribution in [1.82, 2.24) is 0 Å². The average Bonchev–Trinajstić information content (AvgIpc) is 2.50. The van der Waals surface area contributed by atoms with E-state index >= 15 is 0 Å². The van der Waals surface area contributed by atoms with Crippen molar-refractivity contribution >= 4 is 5.97 Å². The summed E-state index contributed by atoms with van der Waals surface area (Å²) in [7, 11) is 0. The number of carboxylic acids is 1. The van der Waals surface area contributed by atoms with Crippen LogP contribution in [0.25, 0.3) is 0 Å². The second-order valence-corrected chi connectivity index (χ2v) is 5.65. The minimum Gasteiger partial charge on any atom is -0.481 e. The van der Waals surface area contributed by atoms with Gasteiger partial charge in [0.05, 0.1) is 0 Å². The molecule has 0 saturated heterocycles. The van der Waals surface area contributed by atoms with E-state index in [1.165, 1.54) is 44.9 Å². The minimum atomic E-state index is -0.824. The second kappa shape index (κ2) is 16.2. The molecule has 128 valence electrons. The van der Waals surface area contributed by atoms with Crippen molar-refractivity contribution in [2.24, 2.45) is 0 Å². The zero-order chi connectivity index (χ0) is 16.5. The summed E-state index contributed by atoms with van der Waals surface area (Å²) in [5.41, 5.74) is 0. The highest BCUT2D eigenvalue weighted by Crippen LogP contribution is 2.09. The number of carbonyl (C=O) groups is 1. The predicted octanol–water partition coefficient (Wildman–Crippen LogP) is 5.35. The third-order valence-electron chi connectivity index (χ3n) is 3.56. The fourth-order valence-electron chi connectivity index (χ4n) is 2.22. The molecule has 1 atom stereocenters. The summed E-state index contributed by atoms with van der Waals surface area (Å²) in [6.45, 7) is 2.23. The monoisotopic (exact) mass is 312 g/mol. The van der Waals surface area contributed by atoms with Crippen molar-refractivity contribution < 1.29 is 20.0 Å². The fourth-order valence-corrected chi connectivity index (χ4v) is 2.22. The quantitative estimate of drug-likeness (QED) is 0.185. The molecular formula is C18H32O4. The van der Waals surface area contributed by atoms with Gasteiger partial charge in [0.15, 0.2) is 0 Å². The lowest BCUT2D eigenvalue weighted by Crippen LogP contribution is -2.08. The Hall–Kier alpha value is -1.13. The molecular weight excluding hydrogens is 280 g/mol. The molecule has 0 unspecified atom stereocenters. The summed E-state index contributed by atoms with van der Waals surface area (Å²) >= 11 is 0. The van der Waals surface area contributed by atoms with E-state index in [0.29, 0.717) is 12.8 Å². The van der Waals surface area contributed by atoms with Crippen molar-refractivity contribution in [2.45, 2.75) is 83.7 Å². The molecule has 4 heteroatoms. The molecule has 0 aliphatic rings. The van der Waals surface area contributed by atoms with E-state index in [0.717, 1.165) is 6.42 Å². The molecule has 0 amide bonds. The van der Waals surface area contributed by atoms with Crippen LogP contribution in [-0.4, -0.2) is 22.4 Å². The Bertz CT molecular complexity index is 310. The smallest absolute Gasteiger partial charge is 0.303 e. The van der Waals surface area contributed by atoms with Gasteiger partial charge >= 0.3 is 5.97 Å². The molecule has 0 heterocycles. The maximum absolute atomic E-state index is 10.4. The Morgan fingerprint density at radius 3 is 2.36 bits per heavy atom. The standard InChI is InChI=1S/C18H32O4/c1-2-3-4-5-6-7-8-9-10-11-12-14-17(22-21)15-13-16-18(19)20/h10-12,14,17,21H,2-9,13,15-16H2,1H3,(H,19,20)/b11-10-,14-12+/t17-/m1/s1. The van der Waals surface area contributed by atoms with Crippen LogP contribution < -0.4 is 0 Å². The summed E-state index contributed by atoms with van der Waals surface area (Å²) in [6.07, 6.45) is 18.6. The molecule has 0 spiro atoms. The first kappa shape index (κ1) is 20.9. The van der Waals surface area contributed by atoms with Crippen molar-refractivity contribution in [1.29, 1.82) is 0 Å². The molecule has 0 aliphatic carbocycles. The van der Waals surface area contributed by atoms with E-state index in [9.17, 15) is 4.79 Å². The van der Waals surface area contributed by atoms with Gasteiger partial charge in [-0.3, -0.25) is 10.1 Å². The van der Waals surface area contributed by atoms with Gasteiger partial charge in [0, 0.05) is 6.42 Å². The number of carboxylic acid groups (broad SMARTS) is 1. The molecule has 0 fully saturated rings. The molecule has 0 radical (unpaired) electrons. The zero-order valence-corrected chi connectivity index (χ0v) is 13.9. The zero-order valence-electron chi connectivity index (χ0n) is 13.9. The number of allylic oxidation sites excluding steroid dienone is 3. The molecule has 0 aromatic carbocycles. The van der Waals surface area contributed by atoms with Crippen LogP contribution in [0.15, 0.2) is 24.3 Å². The van der Waals surface area contributed by atoms with Gasteiger partial charge in [-0.05, 0) is 25.7 Å². The van der Waals surface area contributed by atoms with Crippen molar-refractivity contribution in [3.63, 3.8) is 0 Å². The van der Waals surface area contributed by atoms with Crippen LogP contribution in [0.1, 0.15) is 77.6 Å². The lowest BCUT2D eigenvalue weighted by Gasteiger charge is -2.06. The van der Waals surface area contributed by atoms with Crippen LogP contribution in [0.3, 0.4) is 0 Å². The van der Waals surface area contributed by atoms with Gasteiger partial charge in [-0.2, -0.15) is 0 Å². The summed E-state index contributed by atoms with van der Waals surface area (Å²) < 4.78 is 0. The largest absolute Gasteiger partial charge is 0.481 e. The summed E-state index contributed by atoms with van der Waals surface area (Å²) in [5.74, 6) is -0.824. The molecule has 0 aromatic rings. The van der Waals surface area contributed by atoms with E-state index in [2.05, 4.69) is 17.9 Å². The highest BCUT2D eigenvalue weighted by molar-refractivity contribution is 5.66. The van der Waals surface area contributed by atoms with Crippen LogP contribution >= 0.6 is 0 Å². The van der Waals surface area contributed by atoms with Crippen LogP contribution in [0, 0.1) is 0 Å². The highest BCUT2D eigenvalue weighted by Gasteiger charge is 2.05. The van der Waals surface area contributed by atoms with Gasteiger partial charge in [0.25, 0.3) is 0 Å². The molecule has 0 rings (SSSR count). The maximum atomic E-state index is 10.4. The predicted molar refractivity (Wildman–Crippen MR) is 89.9 cm³/mol. The Balaban J connectivity index is 3.57. The molecule has 0 bridgehead atoms. The summed E-state index contributed by atoms with van der Waals surface area (Å²) in [5, 5.41) is 17.3. The molecule has 4 nitrogen and oxygen atoms in total. The number of rotatable bonds is 15. The number of hydrogen-bond donors (Lipinski definition) is 2. The van der Waals surface area contributed by atoms with Gasteiger partial charge in [-0.15, -0.1) is 0 Å². The molecule has 0 saturated carbocycles. The van der Waals surface area contributed by atoms with Crippen molar-refractivity contribution in [3.8, 4) is 0 Å². The lowest BCUT2D eigenvalue weighted by atomic mass is 10.1. The first-order valence-electron chi connectivity index (χ1n) is 8.56. The fraction of sp³-hybridized carbons (Fsp3) is 0.722. The number of hydrogen-bond acceptors (Lipinski definition) is 3. The van der Waals surface area contributed by atoms with Gasteiger partial charge in [0.2, 0.25) is 0 Å². The Labute approximate surface area is 134 Å². The highest BCUT2D eigenvalue weighted by atomic mass is 17.1. The second-order valence-electron chi connectivity index (χ2n) is 5.65. The van der Waals surface area contributed by atoms with Crippen molar-refractivity contribution in [3.05, 3.63) is 24.3 Å². The average molecular weight is 312 g/mol. The van der Waals surface area contributed by atoms with Crippen LogP contribution in [0.5, 0.6) is 0 Å². The van der Waals surface area contributed by atoms with Crippen LogP contribution in [-0.2, 0) is 9.68 Å². The third-order valence-corrected chi connectivity index (χ3v) is 3.56. The van der Waals surface area contributed by atoms with Crippen molar-refractivity contribution in [2.75, 3.05) is 0 Å². The topological polar surface area (TPSA) is 66.8 Å². The summed E-state index contributed by atoms with van der Waals surface area (Å²) in [6, 6.07) is 0. The van der Waals surface area contributed by atoms with Crippen LogP contribution in [0.2, 0.25) is 0 Å². The molecule has 0 aliphatic heterocycles. The summed E-state index contributed by atoms with van der Waals surface area (Å²) in [4.78, 5) is 14.7. The van der Waals surface area contributed by atoms with Gasteiger partial charge in [-0.1, -0.05) is 69.8 Å². The molecule has 2 N–H and O–H groups in total. The molecule has 0 aromatic heterocycles. The number of aliphatic carboxylic acids is 1. The minimum absolute atomic E-state index is 0.0990. The third kappa shape index (κ3) is 15.3. The van der Waals surface area contributed by atoms with Gasteiger partial charge in [0.1, 0.15) is 6.10 Å². The van der Waals surface area contributed by atoms with Gasteiger partial charge < -0.3 is 5.11 Å². The van der Waals surface area contributed by atoms with E-state index in [1.54, 1.807) is 6.08 Å². The maximum Gasteiger partial charge on any atom is 0.303 e. The Morgan fingerprint density at radius 1 is 1.05 bits per heavy atom. The lowest BCUT2D eigenvalue weighted by molar-refractivity contribution is -0.267. The Kier molecular flexibility index (Phi) is 15.4. The van der Waals surface area contributed by atoms with E-state index in [1.807, 2.05) is 12.2 Å². The van der Waals surface area contributed by atoms with E-state index in [4.69, 9.17) is 10.4 Å². The Morgan fingerprint density at radius 2 is 1.73 bits per heavy atom. The van der Waals surface area contributed by atoms with Gasteiger partial charge in [-0.25, -0.2) is 4.89 Å². The van der Waals surface area contributed by atoms with E-state index in [-0.39, 0.29) is 6.42 Å². The first-order chi connectivity index (χ1) is 10.7. The first-order valence-corrected chi connectivity index (χ1v) is 8.56. The van der Waals surface area contributed by atoms with Crippen LogP contribution in [0.4, 0.5) is 0 Å². The normalized spacial score (nSPS) is 13.2. The SMILES string of the molecule is CCCCCCCCC/C=C\C=C\[C@H](CCCC(=O)O)OO.